The van der Waals surface area contributed by atoms with E-state index in [0.29, 0.717) is 22.2 Å². The van der Waals surface area contributed by atoms with Crippen LogP contribution in [0.4, 0.5) is 5.13 Å². The Hall–Kier alpha value is -5.70. The fraction of sp³-hybridized carbons (Fsp3) is 0.227. The summed E-state index contributed by atoms with van der Waals surface area (Å²) >= 11 is 4.07. The van der Waals surface area contributed by atoms with E-state index in [0.717, 1.165) is 27.7 Å². The standard InChI is InChI=1S/C44H41N5O6S3/c1-43(2,3)55-35(50)24-33(38(51)46-36-39(52)49-37(41(53)54)28(26-57-40(36)49)25-56-32-20-22-48(4)23-21-32)34-27-58-42(45-34)47-44(29-14-8-5-9-15-29,30-16-10-6-11-17-30)31-18-12-7-13-19-31/h5-24,27,36,40H,25-26H2,1-4H3,(H2-,45,46,47,51,53,54)/t36?,40-/m1/s1. The second kappa shape index (κ2) is 17.0. The molecule has 2 aliphatic rings. The quantitative estimate of drug-likeness (QED) is 0.0401. The van der Waals surface area contributed by atoms with E-state index in [2.05, 4.69) is 10.6 Å². The molecule has 2 amide bonds. The minimum atomic E-state index is -1.45. The van der Waals surface area contributed by atoms with Crippen molar-refractivity contribution in [2.45, 2.75) is 48.2 Å². The van der Waals surface area contributed by atoms with Crippen LogP contribution in [0.15, 0.2) is 143 Å². The number of thioether (sulfide) groups is 2. The number of amides is 2. The van der Waals surface area contributed by atoms with Gasteiger partial charge in [-0.2, -0.15) is 0 Å². The summed E-state index contributed by atoms with van der Waals surface area (Å²) in [6.45, 7) is 5.16. The van der Waals surface area contributed by atoms with E-state index in [1.54, 1.807) is 26.2 Å². The van der Waals surface area contributed by atoms with E-state index >= 15 is 0 Å². The number of hydrogen-bond donors (Lipinski definition) is 2. The zero-order valence-electron chi connectivity index (χ0n) is 32.2. The van der Waals surface area contributed by atoms with Crippen molar-refractivity contribution in [3.8, 4) is 0 Å². The number of fused-ring (bicyclic) bond motifs is 1. The maximum Gasteiger partial charge on any atom is 0.332 e. The first-order chi connectivity index (χ1) is 27.8. The number of carbonyl (C=O) groups is 4. The van der Waals surface area contributed by atoms with Crippen LogP contribution in [0.3, 0.4) is 0 Å². The first kappa shape index (κ1) is 40.5. The van der Waals surface area contributed by atoms with Gasteiger partial charge in [-0.25, -0.2) is 14.3 Å². The van der Waals surface area contributed by atoms with Crippen molar-refractivity contribution in [3.05, 3.63) is 161 Å². The number of anilines is 1. The molecule has 5 aromatic rings. The number of benzene rings is 3. The average molecular weight is 832 g/mol. The molecule has 14 heteroatoms. The van der Waals surface area contributed by atoms with Gasteiger partial charge in [-0.05, 0) is 43.0 Å². The molecule has 2 atom stereocenters. The van der Waals surface area contributed by atoms with E-state index in [4.69, 9.17) is 9.72 Å². The fourth-order valence-corrected chi connectivity index (χ4v) is 9.99. The summed E-state index contributed by atoms with van der Waals surface area (Å²) in [6.07, 6.45) is 4.88. The second-order valence-corrected chi connectivity index (χ2v) is 17.7. The smallest absolute Gasteiger partial charge is 0.332 e. The number of ether oxygens (including phenoxy) is 1. The molecule has 0 aliphatic carbocycles. The number of esters is 1. The van der Waals surface area contributed by atoms with Crippen molar-refractivity contribution in [1.29, 1.82) is 0 Å². The predicted molar refractivity (Wildman–Crippen MR) is 224 cm³/mol. The molecule has 3 aromatic carbocycles. The number of rotatable bonds is 13. The van der Waals surface area contributed by atoms with Gasteiger partial charge in [-0.15, -0.1) is 34.9 Å². The van der Waals surface area contributed by atoms with Crippen molar-refractivity contribution in [2.24, 2.45) is 7.05 Å². The minimum Gasteiger partial charge on any atom is -0.543 e. The van der Waals surface area contributed by atoms with Crippen molar-refractivity contribution >= 4 is 69.3 Å². The SMILES string of the molecule is C[n+]1ccc(SCC2=C(C(=O)[O-])N3C(=O)C(NC(=O)C(=CC(=O)OC(C)(C)C)c4csc(NC(c5ccccc5)(c5ccccc5)c5ccccc5)n4)[C@H]3SC2)cc1. The van der Waals surface area contributed by atoms with Gasteiger partial charge in [-0.3, -0.25) is 14.5 Å². The lowest BCUT2D eigenvalue weighted by atomic mass is 9.77. The lowest BCUT2D eigenvalue weighted by molar-refractivity contribution is -0.671. The maximum absolute atomic E-state index is 14.2. The Kier molecular flexibility index (Phi) is 11.9. The Morgan fingerprint density at radius 3 is 2.03 bits per heavy atom. The number of nitrogens with zero attached hydrogens (tertiary/aromatic N) is 3. The summed E-state index contributed by atoms with van der Waals surface area (Å²) in [7, 11) is 1.91. The molecule has 4 heterocycles. The summed E-state index contributed by atoms with van der Waals surface area (Å²) in [6, 6.07) is 32.7. The van der Waals surface area contributed by atoms with Gasteiger partial charge in [-0.1, -0.05) is 91.0 Å². The molecule has 1 unspecified atom stereocenters. The Morgan fingerprint density at radius 2 is 1.50 bits per heavy atom. The van der Waals surface area contributed by atoms with Gasteiger partial charge in [0.25, 0.3) is 11.8 Å². The lowest BCUT2D eigenvalue weighted by Gasteiger charge is -2.50. The number of thiazole rings is 1. The molecule has 2 N–H and O–H groups in total. The molecule has 1 fully saturated rings. The van der Waals surface area contributed by atoms with Crippen LogP contribution in [0.5, 0.6) is 0 Å². The average Bonchev–Trinajstić information content (AvgIpc) is 3.68. The highest BCUT2D eigenvalue weighted by Crippen LogP contribution is 2.43. The number of hydrogen-bond acceptors (Lipinski definition) is 11. The highest BCUT2D eigenvalue weighted by Gasteiger charge is 2.53. The van der Waals surface area contributed by atoms with E-state index in [-0.39, 0.29) is 17.0 Å². The number of carboxylic acids is 1. The molecule has 296 valence electrons. The van der Waals surface area contributed by atoms with Crippen molar-refractivity contribution < 1.29 is 33.6 Å². The Balaban J connectivity index is 1.18. The molecular formula is C44H41N5O6S3. The maximum atomic E-state index is 14.2. The van der Waals surface area contributed by atoms with Gasteiger partial charge < -0.3 is 25.3 Å². The number of aryl methyl sites for hydroxylation is 1. The minimum absolute atomic E-state index is 0.112. The van der Waals surface area contributed by atoms with E-state index in [1.807, 2.05) is 127 Å². The summed E-state index contributed by atoms with van der Waals surface area (Å²) in [5, 5.41) is 20.4. The summed E-state index contributed by atoms with van der Waals surface area (Å²) < 4.78 is 7.47. The molecule has 0 saturated carbocycles. The summed E-state index contributed by atoms with van der Waals surface area (Å²) in [4.78, 5) is 60.6. The third-order valence-corrected chi connectivity index (χ3v) is 12.7. The molecule has 7 rings (SSSR count). The van der Waals surface area contributed by atoms with Crippen LogP contribution < -0.4 is 20.3 Å². The molecular weight excluding hydrogens is 791 g/mol. The highest BCUT2D eigenvalue weighted by molar-refractivity contribution is 8.01. The van der Waals surface area contributed by atoms with Crippen molar-refractivity contribution in [2.75, 3.05) is 16.8 Å². The molecule has 2 aliphatic heterocycles. The predicted octanol–water partition coefficient (Wildman–Crippen LogP) is 5.29. The third-order valence-electron chi connectivity index (χ3n) is 9.50. The van der Waals surface area contributed by atoms with Gasteiger partial charge in [0.1, 0.15) is 29.6 Å². The largest absolute Gasteiger partial charge is 0.543 e. The molecule has 11 nitrogen and oxygen atoms in total. The van der Waals surface area contributed by atoms with Crippen LogP contribution in [-0.4, -0.2) is 62.2 Å². The molecule has 0 radical (unpaired) electrons. The summed E-state index contributed by atoms with van der Waals surface area (Å²) in [5.41, 5.74) is 1.55. The number of aliphatic carboxylic acids is 1. The van der Waals surface area contributed by atoms with Crippen LogP contribution in [0.2, 0.25) is 0 Å². The van der Waals surface area contributed by atoms with Gasteiger partial charge >= 0.3 is 5.97 Å². The third kappa shape index (κ3) is 8.59. The van der Waals surface area contributed by atoms with Crippen molar-refractivity contribution in [1.82, 2.24) is 15.2 Å². The normalized spacial score (nSPS) is 16.9. The zero-order chi connectivity index (χ0) is 41.0. The second-order valence-electron chi connectivity index (χ2n) is 14.7. The topological polar surface area (TPSA) is 145 Å². The van der Waals surface area contributed by atoms with Gasteiger partial charge in [0, 0.05) is 40.0 Å². The monoisotopic (exact) mass is 831 g/mol. The van der Waals surface area contributed by atoms with E-state index in [1.165, 1.54) is 39.8 Å². The molecule has 58 heavy (non-hydrogen) atoms. The van der Waals surface area contributed by atoms with Gasteiger partial charge in [0.15, 0.2) is 17.5 Å². The Bertz CT molecular complexity index is 2280. The van der Waals surface area contributed by atoms with Crippen LogP contribution >= 0.6 is 34.9 Å². The molecule has 0 spiro atoms. The Morgan fingerprint density at radius 1 is 0.931 bits per heavy atom. The number of pyridine rings is 1. The first-order valence-corrected chi connectivity index (χ1v) is 21.4. The van der Waals surface area contributed by atoms with Crippen LogP contribution in [0.25, 0.3) is 5.57 Å². The zero-order valence-corrected chi connectivity index (χ0v) is 34.7. The van der Waals surface area contributed by atoms with Crippen LogP contribution in [0.1, 0.15) is 43.2 Å². The molecule has 2 aromatic heterocycles. The van der Waals surface area contributed by atoms with E-state index in [9.17, 15) is 24.3 Å². The molecule has 1 saturated heterocycles. The van der Waals surface area contributed by atoms with Crippen LogP contribution in [-0.2, 0) is 36.5 Å². The van der Waals surface area contributed by atoms with E-state index < -0.39 is 46.3 Å². The van der Waals surface area contributed by atoms with Crippen molar-refractivity contribution in [3.63, 3.8) is 0 Å². The number of nitrogens with one attached hydrogen (secondary N) is 2. The fourth-order valence-electron chi connectivity index (χ4n) is 6.86. The number of carboxylic acid groups (broad SMARTS) is 1. The Labute approximate surface area is 349 Å². The number of carbonyl (C=O) groups excluding carboxylic acids is 4. The van der Waals surface area contributed by atoms with Gasteiger partial charge in [0.05, 0.1) is 22.9 Å². The summed E-state index contributed by atoms with van der Waals surface area (Å²) in [5.74, 6) is -2.87. The van der Waals surface area contributed by atoms with Gasteiger partial charge in [0.2, 0.25) is 0 Å². The lowest BCUT2D eigenvalue weighted by Crippen LogP contribution is -2.71. The number of aromatic nitrogens is 2. The molecule has 0 bridgehead atoms. The van der Waals surface area contributed by atoms with Crippen LogP contribution in [0, 0.1) is 0 Å². The first-order valence-electron chi connectivity index (χ1n) is 18.5. The highest BCUT2D eigenvalue weighted by atomic mass is 32.2. The number of β-lactam (4-membered cyclic amide) rings is 1.